The molecule has 0 unspecified atom stereocenters. The number of benzene rings is 1. The number of carbonyl (C=O) groups excluding carboxylic acids is 1. The molecule has 0 atom stereocenters. The summed E-state index contributed by atoms with van der Waals surface area (Å²) in [5.41, 5.74) is 3.99. The van der Waals surface area contributed by atoms with Crippen LogP contribution in [-0.2, 0) is 13.0 Å². The van der Waals surface area contributed by atoms with E-state index in [1.54, 1.807) is 7.05 Å². The maximum absolute atomic E-state index is 12.1. The molecule has 0 radical (unpaired) electrons. The summed E-state index contributed by atoms with van der Waals surface area (Å²) in [5.74, 6) is 0.838. The van der Waals surface area contributed by atoms with Gasteiger partial charge in [-0.15, -0.1) is 0 Å². The molecule has 21 heavy (non-hydrogen) atoms. The minimum atomic E-state index is -0.0842. The number of carbonyl (C=O) groups is 1. The van der Waals surface area contributed by atoms with E-state index in [4.69, 9.17) is 0 Å². The van der Waals surface area contributed by atoms with E-state index in [0.717, 1.165) is 42.9 Å². The Morgan fingerprint density at radius 2 is 1.95 bits per heavy atom. The summed E-state index contributed by atoms with van der Waals surface area (Å²) < 4.78 is 2.24. The molecule has 110 valence electrons. The molecule has 1 aromatic carbocycles. The summed E-state index contributed by atoms with van der Waals surface area (Å²) in [4.78, 5) is 16.8. The minimum absolute atomic E-state index is 0.0842. The van der Waals surface area contributed by atoms with Crippen LogP contribution in [0.5, 0.6) is 0 Å². The average molecular weight is 283 g/mol. The summed E-state index contributed by atoms with van der Waals surface area (Å²) in [6.45, 7) is 3.02. The lowest BCUT2D eigenvalue weighted by Gasteiger charge is -2.09. The van der Waals surface area contributed by atoms with Gasteiger partial charge in [0.25, 0.3) is 5.91 Å². The van der Waals surface area contributed by atoms with Gasteiger partial charge in [-0.1, -0.05) is 36.2 Å². The lowest BCUT2D eigenvalue weighted by atomic mass is 10.1. The van der Waals surface area contributed by atoms with E-state index in [1.807, 2.05) is 0 Å². The van der Waals surface area contributed by atoms with Crippen LogP contribution in [-0.4, -0.2) is 22.5 Å². The smallest absolute Gasteiger partial charge is 0.271 e. The molecule has 4 nitrogen and oxygen atoms in total. The number of amides is 1. The first-order valence-electron chi connectivity index (χ1n) is 7.59. The fourth-order valence-electron chi connectivity index (χ4n) is 2.94. The third-order valence-corrected chi connectivity index (χ3v) is 4.12. The Kier molecular flexibility index (Phi) is 3.78. The maximum Gasteiger partial charge on any atom is 0.271 e. The van der Waals surface area contributed by atoms with Crippen LogP contribution in [0, 0.1) is 6.92 Å². The van der Waals surface area contributed by atoms with E-state index >= 15 is 0 Å². The lowest BCUT2D eigenvalue weighted by molar-refractivity contribution is 0.0957. The largest absolute Gasteiger partial charge is 0.354 e. The topological polar surface area (TPSA) is 46.9 Å². The normalized spacial score (nSPS) is 14.4. The molecular formula is C17H21N3O. The molecule has 1 aliphatic heterocycles. The van der Waals surface area contributed by atoms with Crippen LogP contribution < -0.4 is 5.32 Å². The van der Waals surface area contributed by atoms with Crippen molar-refractivity contribution in [3.05, 3.63) is 41.2 Å². The van der Waals surface area contributed by atoms with Gasteiger partial charge in [0.1, 0.15) is 11.5 Å². The van der Waals surface area contributed by atoms with E-state index in [2.05, 4.69) is 46.1 Å². The highest BCUT2D eigenvalue weighted by Gasteiger charge is 2.23. The molecule has 2 heterocycles. The van der Waals surface area contributed by atoms with Crippen molar-refractivity contribution in [1.29, 1.82) is 0 Å². The van der Waals surface area contributed by atoms with Gasteiger partial charge >= 0.3 is 0 Å². The van der Waals surface area contributed by atoms with Gasteiger partial charge in [-0.05, 0) is 26.2 Å². The van der Waals surface area contributed by atoms with Crippen LogP contribution in [0.2, 0.25) is 0 Å². The van der Waals surface area contributed by atoms with Gasteiger partial charge in [-0.25, -0.2) is 4.98 Å². The molecule has 1 aromatic heterocycles. The molecule has 0 bridgehead atoms. The van der Waals surface area contributed by atoms with Gasteiger partial charge in [0, 0.05) is 19.2 Å². The number of aromatic nitrogens is 2. The summed E-state index contributed by atoms with van der Waals surface area (Å²) in [6.07, 6.45) is 4.42. The number of nitrogens with one attached hydrogen (secondary N) is 1. The summed E-state index contributed by atoms with van der Waals surface area (Å²) in [5, 5.41) is 2.71. The molecule has 2 aromatic rings. The standard InChI is InChI=1S/C17H21N3O/c1-12-7-9-13(10-8-12)16-19-15(17(21)18-2)14-6-4-3-5-11-20(14)16/h7-10H,3-6,11H2,1-2H3,(H,18,21). The van der Waals surface area contributed by atoms with Gasteiger partial charge in [0.15, 0.2) is 0 Å². The second-order valence-electron chi connectivity index (χ2n) is 5.64. The Morgan fingerprint density at radius 3 is 2.67 bits per heavy atom. The molecule has 3 rings (SSSR count). The van der Waals surface area contributed by atoms with Crippen LogP contribution >= 0.6 is 0 Å². The molecule has 0 saturated heterocycles. The number of hydrogen-bond acceptors (Lipinski definition) is 2. The van der Waals surface area contributed by atoms with Crippen molar-refractivity contribution in [1.82, 2.24) is 14.9 Å². The minimum Gasteiger partial charge on any atom is -0.354 e. The van der Waals surface area contributed by atoms with Gasteiger partial charge in [0.2, 0.25) is 0 Å². The number of hydrogen-bond donors (Lipinski definition) is 1. The zero-order valence-corrected chi connectivity index (χ0v) is 12.6. The molecule has 0 fully saturated rings. The number of imidazole rings is 1. The van der Waals surface area contributed by atoms with Crippen molar-refractivity contribution in [2.24, 2.45) is 0 Å². The fourth-order valence-corrected chi connectivity index (χ4v) is 2.94. The highest BCUT2D eigenvalue weighted by molar-refractivity contribution is 5.94. The number of fused-ring (bicyclic) bond motifs is 1. The SMILES string of the molecule is CNC(=O)c1nc(-c2ccc(C)cc2)n2c1CCCCC2. The maximum atomic E-state index is 12.1. The van der Waals surface area contributed by atoms with Gasteiger partial charge in [0.05, 0.1) is 5.69 Å². The van der Waals surface area contributed by atoms with Crippen molar-refractivity contribution >= 4 is 5.91 Å². The Morgan fingerprint density at radius 1 is 1.19 bits per heavy atom. The quantitative estimate of drug-likeness (QED) is 0.921. The van der Waals surface area contributed by atoms with Crippen molar-refractivity contribution < 1.29 is 4.79 Å². The first-order chi connectivity index (χ1) is 10.2. The first kappa shape index (κ1) is 13.9. The number of aryl methyl sites for hydroxylation is 1. The van der Waals surface area contributed by atoms with Crippen molar-refractivity contribution in [2.45, 2.75) is 39.2 Å². The molecule has 1 aliphatic rings. The zero-order chi connectivity index (χ0) is 14.8. The molecule has 1 N–H and O–H groups in total. The second-order valence-corrected chi connectivity index (χ2v) is 5.64. The fraction of sp³-hybridized carbons (Fsp3) is 0.412. The molecule has 0 aliphatic carbocycles. The van der Waals surface area contributed by atoms with Crippen LogP contribution in [0.1, 0.15) is 41.0 Å². The van der Waals surface area contributed by atoms with E-state index < -0.39 is 0 Å². The van der Waals surface area contributed by atoms with Crippen molar-refractivity contribution in [2.75, 3.05) is 7.05 Å². The molecular weight excluding hydrogens is 262 g/mol. The van der Waals surface area contributed by atoms with Crippen LogP contribution in [0.3, 0.4) is 0 Å². The van der Waals surface area contributed by atoms with Gasteiger partial charge < -0.3 is 9.88 Å². The lowest BCUT2D eigenvalue weighted by Crippen LogP contribution is -2.20. The number of rotatable bonds is 2. The number of nitrogens with zero attached hydrogens (tertiary/aromatic N) is 2. The third-order valence-electron chi connectivity index (χ3n) is 4.12. The molecule has 0 saturated carbocycles. The Hall–Kier alpha value is -2.10. The van der Waals surface area contributed by atoms with Crippen molar-refractivity contribution in [3.8, 4) is 11.4 Å². The van der Waals surface area contributed by atoms with E-state index in [-0.39, 0.29) is 5.91 Å². The van der Waals surface area contributed by atoms with E-state index in [9.17, 15) is 4.79 Å². The summed E-state index contributed by atoms with van der Waals surface area (Å²) >= 11 is 0. The molecule has 0 spiro atoms. The van der Waals surface area contributed by atoms with Crippen LogP contribution in [0.15, 0.2) is 24.3 Å². The zero-order valence-electron chi connectivity index (χ0n) is 12.6. The Balaban J connectivity index is 2.13. The van der Waals surface area contributed by atoms with E-state index in [1.165, 1.54) is 12.0 Å². The van der Waals surface area contributed by atoms with Crippen molar-refractivity contribution in [3.63, 3.8) is 0 Å². The summed E-state index contributed by atoms with van der Waals surface area (Å²) in [6, 6.07) is 8.35. The predicted octanol–water partition coefficient (Wildman–Crippen LogP) is 2.94. The first-order valence-corrected chi connectivity index (χ1v) is 7.59. The average Bonchev–Trinajstić information content (AvgIpc) is 2.70. The molecule has 4 heteroatoms. The van der Waals surface area contributed by atoms with Crippen LogP contribution in [0.4, 0.5) is 0 Å². The molecule has 1 amide bonds. The second kappa shape index (κ2) is 5.72. The Bertz CT molecular complexity index is 655. The Labute approximate surface area is 125 Å². The highest BCUT2D eigenvalue weighted by Crippen LogP contribution is 2.27. The predicted molar refractivity (Wildman–Crippen MR) is 83.3 cm³/mol. The van der Waals surface area contributed by atoms with Gasteiger partial charge in [-0.2, -0.15) is 0 Å². The van der Waals surface area contributed by atoms with Gasteiger partial charge in [-0.3, -0.25) is 4.79 Å². The summed E-state index contributed by atoms with van der Waals surface area (Å²) in [7, 11) is 1.66. The highest BCUT2D eigenvalue weighted by atomic mass is 16.1. The third kappa shape index (κ3) is 2.58. The monoisotopic (exact) mass is 283 g/mol. The van der Waals surface area contributed by atoms with Crippen LogP contribution in [0.25, 0.3) is 11.4 Å². The van der Waals surface area contributed by atoms with E-state index in [0.29, 0.717) is 5.69 Å².